The van der Waals surface area contributed by atoms with Crippen LogP contribution in [0.3, 0.4) is 0 Å². The number of rotatable bonds is 2. The maximum atomic E-state index is 4.97. The van der Waals surface area contributed by atoms with E-state index >= 15 is 0 Å². The topological polar surface area (TPSA) is 9.23 Å². The molecule has 0 saturated carbocycles. The van der Waals surface area contributed by atoms with E-state index in [1.165, 1.54) is 6.26 Å². The average molecular weight is 454 g/mol. The van der Waals surface area contributed by atoms with Gasteiger partial charge in [0.05, 0.1) is 6.26 Å². The van der Waals surface area contributed by atoms with Crippen LogP contribution in [0, 0.1) is 0 Å². The maximum Gasteiger partial charge on any atom is 0.126 e. The van der Waals surface area contributed by atoms with Crippen LogP contribution in [0.2, 0.25) is 0 Å². The first kappa shape index (κ1) is 53.0. The second-order valence-corrected chi connectivity index (χ2v) is 1.60. The Hall–Kier alpha value is 0.357. The van der Waals surface area contributed by atoms with Gasteiger partial charge in [-0.3, -0.25) is 0 Å². The van der Waals surface area contributed by atoms with Crippen LogP contribution in [0.4, 0.5) is 0 Å². The Morgan fingerprint density at radius 3 is 1.41 bits per heavy atom. The molecule has 0 saturated heterocycles. The Morgan fingerprint density at radius 1 is 0.765 bits per heavy atom. The molecule has 1 aromatic rings. The van der Waals surface area contributed by atoms with Crippen molar-refractivity contribution in [1.29, 1.82) is 0 Å². The van der Waals surface area contributed by atoms with Gasteiger partial charge in [0.25, 0.3) is 0 Å². The van der Waals surface area contributed by atoms with Crippen molar-refractivity contribution in [2.24, 2.45) is 0 Å². The fraction of sp³-hybridized carbons (Fsp3) is 0.429. The zero-order chi connectivity index (χ0) is 6.53. The summed E-state index contributed by atoms with van der Waals surface area (Å²) < 4.78 is 4.97. The molecule has 0 spiro atoms. The third-order valence-corrected chi connectivity index (χ3v) is 0.963. The van der Waals surface area contributed by atoms with E-state index in [9.17, 15) is 0 Å². The minimum absolute atomic E-state index is 0. The summed E-state index contributed by atoms with van der Waals surface area (Å²) in [6.45, 7) is 3.43. The van der Waals surface area contributed by atoms with Crippen LogP contribution < -0.4 is 4.74 Å². The monoisotopic (exact) mass is 456 g/mol. The summed E-state index contributed by atoms with van der Waals surface area (Å²) in [7, 11) is 0. The molecule has 1 rings (SSSR count). The molecule has 0 bridgehead atoms. The fourth-order valence-electron chi connectivity index (χ4n) is 0.595. The van der Waals surface area contributed by atoms with Crippen molar-refractivity contribution in [2.75, 3.05) is 0 Å². The van der Waals surface area contributed by atoms with Crippen molar-refractivity contribution in [2.45, 2.75) is 44.6 Å². The first-order valence-electron chi connectivity index (χ1n) is 2.76. The molecule has 0 aromatic heterocycles. The van der Waals surface area contributed by atoms with Crippen molar-refractivity contribution in [3.8, 4) is 5.75 Å². The summed E-state index contributed by atoms with van der Waals surface area (Å²) in [5, 5.41) is 0. The van der Waals surface area contributed by atoms with Crippen LogP contribution in [-0.4, -0.2) is 47.8 Å². The van der Waals surface area contributed by atoms with Gasteiger partial charge in [-0.25, -0.2) is 0 Å². The third kappa shape index (κ3) is 26.1. The van der Waals surface area contributed by atoms with Crippen molar-refractivity contribution in [3.05, 3.63) is 43.2 Å². The third-order valence-electron chi connectivity index (χ3n) is 0.963. The van der Waals surface area contributed by atoms with Crippen LogP contribution >= 0.6 is 0 Å². The fourth-order valence-corrected chi connectivity index (χ4v) is 0.595. The van der Waals surface area contributed by atoms with E-state index in [-0.39, 0.29) is 92.4 Å². The molecule has 0 fully saturated rings. The Bertz CT molecular complexity index is 189. The van der Waals surface area contributed by atoms with Crippen molar-refractivity contribution < 1.29 is 4.74 Å². The number of hydrogen-bond donors (Lipinski definition) is 0. The van der Waals surface area contributed by atoms with Gasteiger partial charge in [0.15, 0.2) is 0 Å². The van der Waals surface area contributed by atoms with Crippen LogP contribution in [-0.2, 0) is 0 Å². The minimum atomic E-state index is 0. The molecule has 0 amide bonds. The molecule has 0 aliphatic carbocycles. The molecule has 0 aliphatic rings. The summed E-state index contributed by atoms with van der Waals surface area (Å²) in [5.41, 5.74) is 0. The van der Waals surface area contributed by atoms with E-state index in [0.29, 0.717) is 0 Å². The summed E-state index contributed by atoms with van der Waals surface area (Å²) >= 11 is 0. The van der Waals surface area contributed by atoms with Crippen molar-refractivity contribution in [1.82, 2.24) is 0 Å². The van der Waals surface area contributed by atoms with Gasteiger partial charge in [-0.15, -0.1) is 0 Å². The molecule has 8 radical (unpaired) electrons. The predicted molar refractivity (Wildman–Crippen MR) is 89.2 cm³/mol. The number of benzene rings is 1. The molecule has 0 unspecified atom stereocenters. The van der Waals surface area contributed by atoms with E-state index in [1.807, 2.05) is 30.3 Å². The molecule has 0 N–H and O–H groups in total. The second-order valence-electron chi connectivity index (χ2n) is 1.60. The van der Waals surface area contributed by atoms with Crippen LogP contribution in [0.25, 0.3) is 0 Å². The van der Waals surface area contributed by atoms with Crippen molar-refractivity contribution in [3.63, 3.8) is 0 Å². The summed E-state index contributed by atoms with van der Waals surface area (Å²) in [6, 6.07) is 9.52. The number of ether oxygens (including phenoxy) is 1. The van der Waals surface area contributed by atoms with Gasteiger partial charge in [0, 0.05) is 47.8 Å². The molecular weight excluding hydrogens is 422 g/mol. The summed E-state index contributed by atoms with van der Waals surface area (Å²) in [4.78, 5) is 0. The molecule has 1 nitrogen and oxygen atoms in total. The largest absolute Gasteiger partial charge is 0.466 e. The Morgan fingerprint density at radius 2 is 1.12 bits per heavy atom. The van der Waals surface area contributed by atoms with Gasteiger partial charge in [-0.1, -0.05) is 69.3 Å². The molecule has 0 aliphatic heterocycles. The second kappa shape index (κ2) is 36.0. The van der Waals surface area contributed by atoms with Gasteiger partial charge >= 0.3 is 0 Å². The maximum absolute atomic E-state index is 4.97. The van der Waals surface area contributed by atoms with Gasteiger partial charge in [0.1, 0.15) is 5.75 Å². The summed E-state index contributed by atoms with van der Waals surface area (Å²) in [6.07, 6.45) is 1.41. The Balaban J connectivity index is -0.0000000169. The van der Waals surface area contributed by atoms with Gasteiger partial charge < -0.3 is 4.74 Å². The molecule has 1 aromatic carbocycles. The van der Waals surface area contributed by atoms with Gasteiger partial charge in [0.2, 0.25) is 0 Å². The molecular formula is C14H32OSn2. The van der Waals surface area contributed by atoms with E-state index in [1.54, 1.807) is 0 Å². The normalized spacial score (nSPS) is 4.47. The number of para-hydroxylation sites is 1. The first-order chi connectivity index (χ1) is 4.43. The SMILES string of the molecule is C.C.C.C.C.C.C=COc1ccccc1.[Sn].[Sn]. The van der Waals surface area contributed by atoms with Gasteiger partial charge in [-0.05, 0) is 12.1 Å². The van der Waals surface area contributed by atoms with E-state index in [2.05, 4.69) is 6.58 Å². The van der Waals surface area contributed by atoms with E-state index in [0.717, 1.165) is 5.75 Å². The Labute approximate surface area is 145 Å². The van der Waals surface area contributed by atoms with Crippen LogP contribution in [0.1, 0.15) is 44.6 Å². The molecule has 102 valence electrons. The van der Waals surface area contributed by atoms with E-state index in [4.69, 9.17) is 4.74 Å². The zero-order valence-electron chi connectivity index (χ0n) is 6.08. The summed E-state index contributed by atoms with van der Waals surface area (Å²) in [5.74, 6) is 0.826. The van der Waals surface area contributed by atoms with Gasteiger partial charge in [-0.2, -0.15) is 0 Å². The molecule has 3 heteroatoms. The first-order valence-corrected chi connectivity index (χ1v) is 2.76. The van der Waals surface area contributed by atoms with E-state index < -0.39 is 0 Å². The molecule has 0 atom stereocenters. The molecule has 17 heavy (non-hydrogen) atoms. The number of hydrogen-bond acceptors (Lipinski definition) is 1. The average Bonchev–Trinajstić information content (AvgIpc) is 1.91. The van der Waals surface area contributed by atoms with Crippen LogP contribution in [0.15, 0.2) is 43.2 Å². The van der Waals surface area contributed by atoms with Crippen molar-refractivity contribution >= 4 is 47.8 Å². The Kier molecular flexibility index (Phi) is 112. The zero-order valence-corrected chi connectivity index (χ0v) is 11.8. The van der Waals surface area contributed by atoms with Crippen LogP contribution in [0.5, 0.6) is 5.75 Å². The minimum Gasteiger partial charge on any atom is -0.466 e. The predicted octanol–water partition coefficient (Wildman–Crippen LogP) is 5.26. The standard InChI is InChI=1S/C8H8O.6CH4.2Sn/c1-2-9-8-6-4-3-5-7-8;;;;;;;;/h2-7H,1H2;6*1H4;;. The quantitative estimate of drug-likeness (QED) is 0.438. The molecule has 0 heterocycles. The smallest absolute Gasteiger partial charge is 0.126 e.